The van der Waals surface area contributed by atoms with E-state index in [1.165, 1.54) is 4.90 Å². The molecule has 0 aliphatic carbocycles. The van der Waals surface area contributed by atoms with Gasteiger partial charge in [0.05, 0.1) is 12.6 Å². The number of aromatic nitrogens is 1. The average Bonchev–Trinajstić information content (AvgIpc) is 3.59. The summed E-state index contributed by atoms with van der Waals surface area (Å²) >= 11 is 0. The van der Waals surface area contributed by atoms with Crippen molar-refractivity contribution in [2.24, 2.45) is 5.73 Å². The Kier molecular flexibility index (Phi) is 8.95. The molecule has 1 aromatic heterocycles. The molecule has 1 saturated heterocycles. The van der Waals surface area contributed by atoms with Crippen LogP contribution in [0.4, 0.5) is 0 Å². The fourth-order valence-electron chi connectivity index (χ4n) is 4.93. The van der Waals surface area contributed by atoms with Crippen LogP contribution in [0, 0.1) is 0 Å². The quantitative estimate of drug-likeness (QED) is 0.205. The first kappa shape index (κ1) is 27.8. The van der Waals surface area contributed by atoms with Crippen molar-refractivity contribution >= 4 is 34.6 Å². The van der Waals surface area contributed by atoms with Crippen LogP contribution in [0.1, 0.15) is 24.0 Å². The van der Waals surface area contributed by atoms with Crippen LogP contribution >= 0.6 is 0 Å². The summed E-state index contributed by atoms with van der Waals surface area (Å²) in [5, 5.41) is 25.3. The number of aliphatic hydroxyl groups is 1. The molecule has 3 aromatic rings. The van der Waals surface area contributed by atoms with Crippen molar-refractivity contribution in [2.75, 3.05) is 13.2 Å². The molecule has 4 rings (SSSR count). The lowest BCUT2D eigenvalue weighted by Crippen LogP contribution is -2.58. The van der Waals surface area contributed by atoms with Gasteiger partial charge in [0.1, 0.15) is 18.1 Å². The van der Waals surface area contributed by atoms with Crippen LogP contribution in [0.5, 0.6) is 0 Å². The highest BCUT2D eigenvalue weighted by Gasteiger charge is 2.38. The third kappa shape index (κ3) is 6.62. The van der Waals surface area contributed by atoms with E-state index in [9.17, 15) is 29.4 Å². The second kappa shape index (κ2) is 12.5. The number of carbonyl (C=O) groups is 4. The molecule has 206 valence electrons. The monoisotopic (exact) mass is 535 g/mol. The molecule has 4 atom stereocenters. The first-order valence-corrected chi connectivity index (χ1v) is 12.9. The Bertz CT molecular complexity index is 1330. The zero-order valence-corrected chi connectivity index (χ0v) is 21.4. The number of amides is 3. The van der Waals surface area contributed by atoms with E-state index in [1.54, 1.807) is 6.20 Å². The molecular weight excluding hydrogens is 502 g/mol. The van der Waals surface area contributed by atoms with Crippen molar-refractivity contribution in [1.29, 1.82) is 0 Å². The number of aliphatic carboxylic acids is 1. The van der Waals surface area contributed by atoms with Gasteiger partial charge in [-0.2, -0.15) is 0 Å². The SMILES string of the molecule is NC(Cc1ccccc1)C(=O)N1CCCC1C(=O)NC(CO)C(=O)NC(Cc1c[nH]c2ccccc12)C(=O)O. The number of nitrogens with one attached hydrogen (secondary N) is 3. The van der Waals surface area contributed by atoms with Gasteiger partial charge in [-0.1, -0.05) is 48.5 Å². The molecule has 0 bridgehead atoms. The van der Waals surface area contributed by atoms with Gasteiger partial charge in [0.25, 0.3) is 0 Å². The van der Waals surface area contributed by atoms with Gasteiger partial charge in [0.2, 0.25) is 17.7 Å². The van der Waals surface area contributed by atoms with E-state index >= 15 is 0 Å². The van der Waals surface area contributed by atoms with E-state index in [1.807, 2.05) is 54.6 Å². The summed E-state index contributed by atoms with van der Waals surface area (Å²) in [5.41, 5.74) is 8.59. The third-order valence-corrected chi connectivity index (χ3v) is 6.98. The number of likely N-dealkylation sites (tertiary alicyclic amines) is 1. The van der Waals surface area contributed by atoms with Crippen molar-refractivity contribution in [2.45, 2.75) is 49.9 Å². The Balaban J connectivity index is 1.37. The van der Waals surface area contributed by atoms with Crippen LogP contribution in [-0.4, -0.2) is 81.1 Å². The lowest BCUT2D eigenvalue weighted by molar-refractivity contribution is -0.143. The normalized spacial score (nSPS) is 17.4. The predicted octanol–water partition coefficient (Wildman–Crippen LogP) is 0.318. The Labute approximate surface area is 225 Å². The summed E-state index contributed by atoms with van der Waals surface area (Å²) in [6.45, 7) is -0.397. The van der Waals surface area contributed by atoms with E-state index in [2.05, 4.69) is 15.6 Å². The van der Waals surface area contributed by atoms with Crippen LogP contribution in [0.2, 0.25) is 0 Å². The lowest BCUT2D eigenvalue weighted by Gasteiger charge is -2.28. The first-order valence-electron chi connectivity index (χ1n) is 12.9. The molecule has 7 N–H and O–H groups in total. The van der Waals surface area contributed by atoms with Crippen LogP contribution in [0.15, 0.2) is 60.8 Å². The Morgan fingerprint density at radius 2 is 1.72 bits per heavy atom. The Morgan fingerprint density at radius 3 is 2.44 bits per heavy atom. The summed E-state index contributed by atoms with van der Waals surface area (Å²) in [7, 11) is 0. The number of carboxylic acids is 1. The number of nitrogens with zero attached hydrogens (tertiary/aromatic N) is 1. The van der Waals surface area contributed by atoms with Gasteiger partial charge in [-0.05, 0) is 36.5 Å². The summed E-state index contributed by atoms with van der Waals surface area (Å²) in [5.74, 6) is -3.07. The summed E-state index contributed by atoms with van der Waals surface area (Å²) in [6.07, 6.45) is 2.98. The number of hydrogen-bond acceptors (Lipinski definition) is 6. The molecule has 4 unspecified atom stereocenters. The molecule has 11 nitrogen and oxygen atoms in total. The molecule has 0 saturated carbocycles. The van der Waals surface area contributed by atoms with Gasteiger partial charge in [0.15, 0.2) is 0 Å². The molecule has 0 radical (unpaired) electrons. The van der Waals surface area contributed by atoms with Crippen molar-refractivity contribution in [3.05, 3.63) is 71.9 Å². The number of carboxylic acid groups (broad SMARTS) is 1. The van der Waals surface area contributed by atoms with E-state index < -0.39 is 48.6 Å². The average molecular weight is 536 g/mol. The second-order valence-electron chi connectivity index (χ2n) is 9.69. The zero-order chi connectivity index (χ0) is 27.9. The molecule has 1 aliphatic rings. The van der Waals surface area contributed by atoms with Gasteiger partial charge in [-0.3, -0.25) is 14.4 Å². The molecule has 39 heavy (non-hydrogen) atoms. The topological polar surface area (TPSA) is 178 Å². The smallest absolute Gasteiger partial charge is 0.326 e. The molecule has 0 spiro atoms. The second-order valence-corrected chi connectivity index (χ2v) is 9.69. The highest BCUT2D eigenvalue weighted by molar-refractivity contribution is 5.94. The number of para-hydroxylation sites is 1. The third-order valence-electron chi connectivity index (χ3n) is 6.98. The van der Waals surface area contributed by atoms with Crippen molar-refractivity contribution in [3.63, 3.8) is 0 Å². The molecule has 3 amide bonds. The van der Waals surface area contributed by atoms with Crippen LogP contribution < -0.4 is 16.4 Å². The van der Waals surface area contributed by atoms with Crippen molar-refractivity contribution in [3.8, 4) is 0 Å². The summed E-state index contributed by atoms with van der Waals surface area (Å²) in [6, 6.07) is 12.3. The van der Waals surface area contributed by atoms with Crippen molar-refractivity contribution < 1.29 is 29.4 Å². The van der Waals surface area contributed by atoms with E-state index in [4.69, 9.17) is 5.73 Å². The number of rotatable bonds is 11. The molecule has 1 fully saturated rings. The number of fused-ring (bicyclic) bond motifs is 1. The van der Waals surface area contributed by atoms with Crippen molar-refractivity contribution in [1.82, 2.24) is 20.5 Å². The fourth-order valence-corrected chi connectivity index (χ4v) is 4.93. The van der Waals surface area contributed by atoms with Gasteiger partial charge in [-0.25, -0.2) is 4.79 Å². The number of benzene rings is 2. The summed E-state index contributed by atoms with van der Waals surface area (Å²) < 4.78 is 0. The maximum Gasteiger partial charge on any atom is 0.326 e. The van der Waals surface area contributed by atoms with Gasteiger partial charge >= 0.3 is 5.97 Å². The molecule has 1 aliphatic heterocycles. The van der Waals surface area contributed by atoms with Crippen LogP contribution in [-0.2, 0) is 32.0 Å². The standard InChI is InChI=1S/C28H33N5O6/c29-20(13-17-7-2-1-3-8-17)27(37)33-12-6-11-24(33)26(36)32-23(16-34)25(35)31-22(28(38)39)14-18-15-30-21-10-5-4-9-19(18)21/h1-5,7-10,15,20,22-24,30,34H,6,11-14,16,29H2,(H,31,35)(H,32,36)(H,38,39). The van der Waals surface area contributed by atoms with E-state index in [0.29, 0.717) is 31.4 Å². The number of aromatic amines is 1. The molecule has 2 heterocycles. The highest BCUT2D eigenvalue weighted by Crippen LogP contribution is 2.21. The zero-order valence-electron chi connectivity index (χ0n) is 21.4. The number of nitrogens with two attached hydrogens (primary N) is 1. The Morgan fingerprint density at radius 1 is 1.00 bits per heavy atom. The maximum atomic E-state index is 13.1. The predicted molar refractivity (Wildman–Crippen MR) is 143 cm³/mol. The maximum absolute atomic E-state index is 13.1. The molecule has 11 heteroatoms. The van der Waals surface area contributed by atoms with Gasteiger partial charge in [-0.15, -0.1) is 0 Å². The van der Waals surface area contributed by atoms with Crippen LogP contribution in [0.3, 0.4) is 0 Å². The van der Waals surface area contributed by atoms with Gasteiger partial charge < -0.3 is 36.5 Å². The van der Waals surface area contributed by atoms with Crippen LogP contribution in [0.25, 0.3) is 10.9 Å². The minimum atomic E-state index is -1.39. The first-order chi connectivity index (χ1) is 18.8. The number of H-pyrrole nitrogens is 1. The number of carbonyl (C=O) groups excluding carboxylic acids is 3. The number of aliphatic hydroxyl groups excluding tert-OH is 1. The molecule has 2 aromatic carbocycles. The largest absolute Gasteiger partial charge is 0.480 e. The van der Waals surface area contributed by atoms with E-state index in [0.717, 1.165) is 16.5 Å². The fraction of sp³-hybridized carbons (Fsp3) is 0.357. The lowest BCUT2D eigenvalue weighted by atomic mass is 10.0. The number of hydrogen-bond donors (Lipinski definition) is 6. The minimum Gasteiger partial charge on any atom is -0.480 e. The van der Waals surface area contributed by atoms with Gasteiger partial charge in [0, 0.05) is 30.1 Å². The van der Waals surface area contributed by atoms with E-state index in [-0.39, 0.29) is 12.3 Å². The summed E-state index contributed by atoms with van der Waals surface area (Å²) in [4.78, 5) is 55.4. The minimum absolute atomic E-state index is 0.00138. The molecular formula is C28H33N5O6. The Hall–Kier alpha value is -4.22. The highest BCUT2D eigenvalue weighted by atomic mass is 16.4.